The molecule has 0 saturated heterocycles. The number of benzene rings is 3. The molecule has 0 aliphatic rings. The number of halogens is 2. The lowest BCUT2D eigenvalue weighted by Crippen LogP contribution is -2.14. The molecule has 1 atom stereocenters. The van der Waals surface area contributed by atoms with Crippen molar-refractivity contribution < 1.29 is 8.78 Å². The Morgan fingerprint density at radius 1 is 0.905 bits per heavy atom. The molecule has 0 bridgehead atoms. The Hall–Kier alpha value is -2.26. The lowest BCUT2D eigenvalue weighted by atomic mass is 9.90. The van der Waals surface area contributed by atoms with Crippen LogP contribution in [0.1, 0.15) is 22.7 Å². The summed E-state index contributed by atoms with van der Waals surface area (Å²) in [4.78, 5) is 0. The van der Waals surface area contributed by atoms with E-state index in [-0.39, 0.29) is 0 Å². The molecule has 0 aliphatic heterocycles. The number of nitrogens with two attached hydrogens (primary N) is 1. The standard InChI is InChI=1S/C18H15F2N/c1-11-6-7-12-4-2-3-5-16(12)17(11)18(21)13-8-14(19)10-15(20)9-13/h2-10,18H,21H2,1H3. The van der Waals surface area contributed by atoms with Crippen molar-refractivity contribution in [1.29, 1.82) is 0 Å². The maximum absolute atomic E-state index is 13.4. The predicted octanol–water partition coefficient (Wildman–Crippen LogP) is 4.47. The van der Waals surface area contributed by atoms with Crippen LogP contribution in [0.5, 0.6) is 0 Å². The Bertz CT molecular complexity index is 791. The molecule has 1 unspecified atom stereocenters. The Morgan fingerprint density at radius 2 is 1.57 bits per heavy atom. The highest BCUT2D eigenvalue weighted by atomic mass is 19.1. The number of aryl methyl sites for hydroxylation is 1. The Labute approximate surface area is 122 Å². The largest absolute Gasteiger partial charge is 0.320 e. The summed E-state index contributed by atoms with van der Waals surface area (Å²) in [5.74, 6) is -1.23. The molecule has 0 spiro atoms. The molecule has 3 aromatic carbocycles. The number of fused-ring (bicyclic) bond motifs is 1. The van der Waals surface area contributed by atoms with Gasteiger partial charge in [0.1, 0.15) is 11.6 Å². The van der Waals surface area contributed by atoms with E-state index in [0.717, 1.165) is 28.0 Å². The summed E-state index contributed by atoms with van der Waals surface area (Å²) in [6.45, 7) is 1.96. The van der Waals surface area contributed by atoms with Gasteiger partial charge in [0.2, 0.25) is 0 Å². The molecule has 0 aliphatic carbocycles. The van der Waals surface area contributed by atoms with Crippen molar-refractivity contribution in [3.63, 3.8) is 0 Å². The summed E-state index contributed by atoms with van der Waals surface area (Å²) in [6, 6.07) is 14.7. The minimum atomic E-state index is -0.613. The average Bonchev–Trinajstić information content (AvgIpc) is 2.45. The van der Waals surface area contributed by atoms with Crippen LogP contribution in [0.25, 0.3) is 10.8 Å². The van der Waals surface area contributed by atoms with Crippen molar-refractivity contribution in [2.75, 3.05) is 0 Å². The van der Waals surface area contributed by atoms with E-state index in [4.69, 9.17) is 5.73 Å². The molecule has 0 heterocycles. The first-order chi connectivity index (χ1) is 10.1. The number of hydrogen-bond donors (Lipinski definition) is 1. The third-order valence-electron chi connectivity index (χ3n) is 3.74. The molecular weight excluding hydrogens is 268 g/mol. The smallest absolute Gasteiger partial charge is 0.126 e. The van der Waals surface area contributed by atoms with E-state index in [2.05, 4.69) is 0 Å². The van der Waals surface area contributed by atoms with E-state index in [1.165, 1.54) is 12.1 Å². The summed E-state index contributed by atoms with van der Waals surface area (Å²) in [7, 11) is 0. The van der Waals surface area contributed by atoms with Gasteiger partial charge < -0.3 is 5.73 Å². The lowest BCUT2D eigenvalue weighted by Gasteiger charge is -2.18. The highest BCUT2D eigenvalue weighted by Crippen LogP contribution is 2.30. The van der Waals surface area contributed by atoms with Gasteiger partial charge in [-0.25, -0.2) is 8.78 Å². The van der Waals surface area contributed by atoms with Gasteiger partial charge >= 0.3 is 0 Å². The summed E-state index contributed by atoms with van der Waals surface area (Å²) >= 11 is 0. The van der Waals surface area contributed by atoms with Gasteiger partial charge in [0.25, 0.3) is 0 Å². The van der Waals surface area contributed by atoms with Crippen molar-refractivity contribution in [3.05, 3.63) is 82.9 Å². The molecule has 1 nitrogen and oxygen atoms in total. The van der Waals surface area contributed by atoms with E-state index in [1.54, 1.807) is 0 Å². The fourth-order valence-electron chi connectivity index (χ4n) is 2.74. The third-order valence-corrected chi connectivity index (χ3v) is 3.74. The van der Waals surface area contributed by atoms with Gasteiger partial charge in [0.05, 0.1) is 6.04 Å². The molecular formula is C18H15F2N. The molecule has 0 amide bonds. The molecule has 0 radical (unpaired) electrons. The Morgan fingerprint density at radius 3 is 2.29 bits per heavy atom. The first kappa shape index (κ1) is 13.7. The molecule has 3 aromatic rings. The number of hydrogen-bond acceptors (Lipinski definition) is 1. The van der Waals surface area contributed by atoms with E-state index < -0.39 is 17.7 Å². The van der Waals surface area contributed by atoms with Gasteiger partial charge in [-0.3, -0.25) is 0 Å². The molecule has 0 saturated carbocycles. The molecule has 106 valence electrons. The fraction of sp³-hybridized carbons (Fsp3) is 0.111. The van der Waals surface area contributed by atoms with Crippen LogP contribution in [0.15, 0.2) is 54.6 Å². The van der Waals surface area contributed by atoms with Crippen molar-refractivity contribution in [1.82, 2.24) is 0 Å². The van der Waals surface area contributed by atoms with Crippen molar-refractivity contribution in [2.24, 2.45) is 5.73 Å². The summed E-state index contributed by atoms with van der Waals surface area (Å²) in [5.41, 5.74) is 8.63. The molecule has 2 N–H and O–H groups in total. The molecule has 21 heavy (non-hydrogen) atoms. The van der Waals surface area contributed by atoms with Crippen LogP contribution in [0.2, 0.25) is 0 Å². The van der Waals surface area contributed by atoms with E-state index in [1.807, 2.05) is 43.3 Å². The summed E-state index contributed by atoms with van der Waals surface area (Å²) in [6.07, 6.45) is 0. The van der Waals surface area contributed by atoms with Crippen LogP contribution in [-0.4, -0.2) is 0 Å². The quantitative estimate of drug-likeness (QED) is 0.737. The lowest BCUT2D eigenvalue weighted by molar-refractivity contribution is 0.577. The molecule has 3 heteroatoms. The van der Waals surface area contributed by atoms with Crippen molar-refractivity contribution in [3.8, 4) is 0 Å². The predicted molar refractivity (Wildman–Crippen MR) is 81.1 cm³/mol. The van der Waals surface area contributed by atoms with Crippen molar-refractivity contribution in [2.45, 2.75) is 13.0 Å². The molecule has 0 aromatic heterocycles. The van der Waals surface area contributed by atoms with Crippen LogP contribution < -0.4 is 5.73 Å². The Balaban J connectivity index is 2.21. The van der Waals surface area contributed by atoms with Crippen molar-refractivity contribution >= 4 is 10.8 Å². The van der Waals surface area contributed by atoms with E-state index in [9.17, 15) is 8.78 Å². The zero-order valence-electron chi connectivity index (χ0n) is 11.6. The van der Waals surface area contributed by atoms with Gasteiger partial charge in [0, 0.05) is 6.07 Å². The topological polar surface area (TPSA) is 26.0 Å². The van der Waals surface area contributed by atoms with E-state index in [0.29, 0.717) is 5.56 Å². The van der Waals surface area contributed by atoms with Crippen LogP contribution in [0, 0.1) is 18.6 Å². The zero-order valence-corrected chi connectivity index (χ0v) is 11.6. The van der Waals surface area contributed by atoms with Crippen LogP contribution in [0.3, 0.4) is 0 Å². The second-order valence-corrected chi connectivity index (χ2v) is 5.20. The summed E-state index contributed by atoms with van der Waals surface area (Å²) < 4.78 is 26.8. The van der Waals surface area contributed by atoms with Gasteiger partial charge in [-0.05, 0) is 46.5 Å². The van der Waals surface area contributed by atoms with Crippen LogP contribution in [-0.2, 0) is 0 Å². The second-order valence-electron chi connectivity index (χ2n) is 5.20. The van der Waals surface area contributed by atoms with Gasteiger partial charge in [0.15, 0.2) is 0 Å². The highest BCUT2D eigenvalue weighted by molar-refractivity contribution is 5.87. The monoisotopic (exact) mass is 283 g/mol. The SMILES string of the molecule is Cc1ccc2ccccc2c1C(N)c1cc(F)cc(F)c1. The second kappa shape index (κ2) is 5.26. The van der Waals surface area contributed by atoms with E-state index >= 15 is 0 Å². The fourth-order valence-corrected chi connectivity index (χ4v) is 2.74. The minimum absolute atomic E-state index is 0.437. The highest BCUT2D eigenvalue weighted by Gasteiger charge is 2.16. The average molecular weight is 283 g/mol. The maximum atomic E-state index is 13.4. The maximum Gasteiger partial charge on any atom is 0.126 e. The van der Waals surface area contributed by atoms with Gasteiger partial charge in [-0.1, -0.05) is 36.4 Å². The van der Waals surface area contributed by atoms with Crippen LogP contribution in [0.4, 0.5) is 8.78 Å². The minimum Gasteiger partial charge on any atom is -0.320 e. The zero-order chi connectivity index (χ0) is 15.0. The first-order valence-electron chi connectivity index (χ1n) is 6.76. The summed E-state index contributed by atoms with van der Waals surface area (Å²) in [5, 5.41) is 2.07. The third kappa shape index (κ3) is 2.52. The molecule has 3 rings (SSSR count). The number of rotatable bonds is 2. The normalized spacial score (nSPS) is 12.6. The van der Waals surface area contributed by atoms with Gasteiger partial charge in [-0.15, -0.1) is 0 Å². The molecule has 0 fully saturated rings. The van der Waals surface area contributed by atoms with Gasteiger partial charge in [-0.2, -0.15) is 0 Å². The van der Waals surface area contributed by atoms with Crippen LogP contribution >= 0.6 is 0 Å². The first-order valence-corrected chi connectivity index (χ1v) is 6.76. The Kier molecular flexibility index (Phi) is 3.43.